The first-order valence-corrected chi connectivity index (χ1v) is 7.79. The summed E-state index contributed by atoms with van der Waals surface area (Å²) in [6.45, 7) is 0. The molecule has 0 aromatic heterocycles. The molecule has 1 aromatic rings. The van der Waals surface area contributed by atoms with Gasteiger partial charge in [-0.05, 0) is 0 Å². The summed E-state index contributed by atoms with van der Waals surface area (Å²) in [7, 11) is 0. The van der Waals surface area contributed by atoms with Gasteiger partial charge < -0.3 is 0 Å². The van der Waals surface area contributed by atoms with Crippen LogP contribution in [-0.4, -0.2) is 26.1 Å². The second-order valence-corrected chi connectivity index (χ2v) is 6.72. The minimum atomic E-state index is -0.365. The third-order valence-corrected chi connectivity index (χ3v) is 6.68. The second kappa shape index (κ2) is 6.33. The predicted octanol–water partition coefficient (Wildman–Crippen LogP) is 2.48. The van der Waals surface area contributed by atoms with Crippen LogP contribution in [0.15, 0.2) is 33.1 Å². The van der Waals surface area contributed by atoms with E-state index >= 15 is 0 Å². The van der Waals surface area contributed by atoms with Crippen molar-refractivity contribution in [3.8, 4) is 0 Å². The summed E-state index contributed by atoms with van der Waals surface area (Å²) < 4.78 is 2.21. The van der Waals surface area contributed by atoms with Crippen LogP contribution in [0.5, 0.6) is 0 Å². The van der Waals surface area contributed by atoms with E-state index < -0.39 is 0 Å². The first-order valence-electron chi connectivity index (χ1n) is 3.94. The molecule has 0 heterocycles. The van der Waals surface area contributed by atoms with Gasteiger partial charge in [0.15, 0.2) is 0 Å². The number of nitro benzene ring substituents is 1. The summed E-state index contributed by atoms with van der Waals surface area (Å²) >= 11 is 5.06. The van der Waals surface area contributed by atoms with Crippen LogP contribution in [0.2, 0.25) is 0 Å². The van der Waals surface area contributed by atoms with Crippen LogP contribution in [0.1, 0.15) is 0 Å². The van der Waals surface area contributed by atoms with Gasteiger partial charge in [-0.25, -0.2) is 0 Å². The molecule has 0 amide bonds. The number of hydrogen-bond acceptors (Lipinski definition) is 3. The van der Waals surface area contributed by atoms with Gasteiger partial charge in [0, 0.05) is 0 Å². The van der Waals surface area contributed by atoms with E-state index in [4.69, 9.17) is 0 Å². The van der Waals surface area contributed by atoms with Crippen molar-refractivity contribution in [1.29, 1.82) is 0 Å². The Morgan fingerprint density at radius 3 is 2.93 bits per heavy atom. The Hall–Kier alpha value is -0.291. The van der Waals surface area contributed by atoms with Crippen molar-refractivity contribution in [3.63, 3.8) is 0 Å². The van der Waals surface area contributed by atoms with Crippen LogP contribution in [0.25, 0.3) is 0 Å². The molecule has 80 valence electrons. The molecule has 0 saturated heterocycles. The van der Waals surface area contributed by atoms with Gasteiger partial charge in [-0.15, -0.1) is 0 Å². The number of rotatable bonds is 4. The van der Waals surface area contributed by atoms with Crippen LogP contribution in [0, 0.1) is 10.1 Å². The van der Waals surface area contributed by atoms with Crippen LogP contribution in [0.3, 0.4) is 0 Å². The zero-order valence-corrected chi connectivity index (χ0v) is 12.0. The number of non-ortho nitro benzene ring substituents is 1. The molecular formula is C9H8BrNO2SSe. The molecule has 0 unspecified atom stereocenters. The van der Waals surface area contributed by atoms with Gasteiger partial charge in [0.25, 0.3) is 0 Å². The normalized spacial score (nSPS) is 11.5. The van der Waals surface area contributed by atoms with E-state index in [1.165, 1.54) is 9.87 Å². The van der Waals surface area contributed by atoms with E-state index in [1.54, 1.807) is 23.9 Å². The number of hydrogen-bond donors (Lipinski definition) is 0. The number of benzene rings is 1. The molecule has 1 rings (SSSR count). The third-order valence-electron chi connectivity index (χ3n) is 1.54. The average molecular weight is 353 g/mol. The van der Waals surface area contributed by atoms with E-state index in [1.807, 2.05) is 17.3 Å². The molecule has 0 fully saturated rings. The Balaban J connectivity index is 2.87. The Morgan fingerprint density at radius 1 is 1.67 bits per heavy atom. The van der Waals surface area contributed by atoms with E-state index in [-0.39, 0.29) is 25.6 Å². The van der Waals surface area contributed by atoms with Crippen LogP contribution < -0.4 is 4.46 Å². The van der Waals surface area contributed by atoms with Crippen molar-refractivity contribution in [3.05, 3.63) is 43.2 Å². The van der Waals surface area contributed by atoms with Crippen molar-refractivity contribution in [1.82, 2.24) is 0 Å². The fraction of sp³-hybridized carbons (Fsp3) is 0.111. The Kier molecular flexibility index (Phi) is 5.39. The number of nitro groups is 1. The van der Waals surface area contributed by atoms with E-state index in [9.17, 15) is 10.1 Å². The SMILES string of the molecule is CS/C(=C\Br)[Se]c1cccc([N+](=O)[O-])c1. The second-order valence-electron chi connectivity index (χ2n) is 2.49. The van der Waals surface area contributed by atoms with Gasteiger partial charge in [0.1, 0.15) is 0 Å². The maximum absolute atomic E-state index is 10.6. The molecular weight excluding hydrogens is 345 g/mol. The van der Waals surface area contributed by atoms with E-state index in [0.29, 0.717) is 0 Å². The maximum atomic E-state index is 10.6. The van der Waals surface area contributed by atoms with E-state index in [0.717, 1.165) is 4.46 Å². The fourth-order valence-electron chi connectivity index (χ4n) is 0.885. The van der Waals surface area contributed by atoms with Gasteiger partial charge in [-0.2, -0.15) is 0 Å². The number of halogens is 1. The van der Waals surface area contributed by atoms with Crippen LogP contribution in [-0.2, 0) is 0 Å². The third kappa shape index (κ3) is 3.99. The molecule has 1 aromatic carbocycles. The molecule has 6 heteroatoms. The topological polar surface area (TPSA) is 43.1 Å². The van der Waals surface area contributed by atoms with Gasteiger partial charge in [0.2, 0.25) is 0 Å². The summed E-state index contributed by atoms with van der Waals surface area (Å²) in [5.74, 6) is 0. The summed E-state index contributed by atoms with van der Waals surface area (Å²) in [4.78, 5) is 12.1. The molecule has 0 bridgehead atoms. The molecule has 3 nitrogen and oxygen atoms in total. The number of nitrogens with zero attached hydrogens (tertiary/aromatic N) is 1. The summed E-state index contributed by atoms with van der Waals surface area (Å²) in [5, 5.41) is 10.6. The van der Waals surface area contributed by atoms with Crippen molar-refractivity contribution in [2.24, 2.45) is 0 Å². The first-order chi connectivity index (χ1) is 7.17. The minimum absolute atomic E-state index is 0.134. The Bertz CT molecular complexity index is 397. The Morgan fingerprint density at radius 2 is 2.40 bits per heavy atom. The quantitative estimate of drug-likeness (QED) is 0.475. The van der Waals surface area contributed by atoms with Crippen LogP contribution >= 0.6 is 27.7 Å². The average Bonchev–Trinajstić information content (AvgIpc) is 2.26. The fourth-order valence-corrected chi connectivity index (χ4v) is 4.39. The Labute approximate surface area is 107 Å². The van der Waals surface area contributed by atoms with Crippen molar-refractivity contribution in [2.45, 2.75) is 0 Å². The molecule has 0 spiro atoms. The van der Waals surface area contributed by atoms with Gasteiger partial charge in [0.05, 0.1) is 0 Å². The molecule has 0 saturated carbocycles. The van der Waals surface area contributed by atoms with Gasteiger partial charge in [-0.3, -0.25) is 0 Å². The summed E-state index contributed by atoms with van der Waals surface area (Å²) in [6.07, 6.45) is 1.99. The van der Waals surface area contributed by atoms with Crippen LogP contribution in [0.4, 0.5) is 5.69 Å². The van der Waals surface area contributed by atoms with Gasteiger partial charge >= 0.3 is 107 Å². The predicted molar refractivity (Wildman–Crippen MR) is 69.0 cm³/mol. The molecule has 0 aliphatic heterocycles. The first kappa shape index (κ1) is 12.8. The molecule has 15 heavy (non-hydrogen) atoms. The standard InChI is InChI=1S/C9H8BrNO2SSe/c1-14-9(6-10)15-8-4-2-3-7(5-8)11(12)13/h2-6H,1H3/b9-6+. The van der Waals surface area contributed by atoms with Crippen molar-refractivity contribution < 1.29 is 4.92 Å². The zero-order valence-electron chi connectivity index (χ0n) is 7.84. The molecule has 0 N–H and O–H groups in total. The zero-order chi connectivity index (χ0) is 11.3. The van der Waals surface area contributed by atoms with Crippen molar-refractivity contribution in [2.75, 3.05) is 6.26 Å². The molecule has 0 aliphatic rings. The summed E-state index contributed by atoms with van der Waals surface area (Å²) in [5.41, 5.74) is 0.157. The summed E-state index contributed by atoms with van der Waals surface area (Å²) in [6, 6.07) is 6.78. The monoisotopic (exact) mass is 353 g/mol. The number of thioether (sulfide) groups is 1. The molecule has 0 aliphatic carbocycles. The van der Waals surface area contributed by atoms with E-state index in [2.05, 4.69) is 15.9 Å². The molecule has 0 radical (unpaired) electrons. The van der Waals surface area contributed by atoms with Crippen molar-refractivity contribution >= 4 is 52.8 Å². The molecule has 0 atom stereocenters. The van der Waals surface area contributed by atoms with Gasteiger partial charge in [-0.1, -0.05) is 0 Å².